The molecule has 0 bridgehead atoms. The lowest BCUT2D eigenvalue weighted by atomic mass is 10.1. The Kier molecular flexibility index (Phi) is 5.52. The maximum atomic E-state index is 12.5. The van der Waals surface area contributed by atoms with E-state index in [0.29, 0.717) is 35.0 Å². The van der Waals surface area contributed by atoms with E-state index in [1.807, 2.05) is 24.3 Å². The second-order valence-corrected chi connectivity index (χ2v) is 6.64. The van der Waals surface area contributed by atoms with Gasteiger partial charge in [0.25, 0.3) is 5.91 Å². The molecule has 0 saturated heterocycles. The molecule has 0 atom stereocenters. The Hall–Kier alpha value is -3.67. The van der Waals surface area contributed by atoms with E-state index in [4.69, 9.17) is 9.15 Å². The molecule has 4 aromatic rings. The van der Waals surface area contributed by atoms with E-state index in [0.717, 1.165) is 18.4 Å². The summed E-state index contributed by atoms with van der Waals surface area (Å²) in [5.74, 6) is 0.863. The van der Waals surface area contributed by atoms with Crippen LogP contribution in [0, 0.1) is 0 Å². The highest BCUT2D eigenvalue weighted by Crippen LogP contribution is 2.25. The van der Waals surface area contributed by atoms with Crippen LogP contribution in [0.5, 0.6) is 5.88 Å². The van der Waals surface area contributed by atoms with E-state index >= 15 is 0 Å². The molecule has 4 rings (SSSR count). The number of nitrogens with one attached hydrogen (secondary N) is 1. The van der Waals surface area contributed by atoms with Crippen molar-refractivity contribution in [3.8, 4) is 17.3 Å². The van der Waals surface area contributed by atoms with Crippen LogP contribution in [0.25, 0.3) is 22.6 Å². The number of ether oxygens (including phenoxy) is 1. The number of amides is 1. The van der Waals surface area contributed by atoms with Crippen molar-refractivity contribution in [1.82, 2.24) is 15.3 Å². The first-order valence-corrected chi connectivity index (χ1v) is 9.46. The maximum Gasteiger partial charge on any atom is 0.251 e. The summed E-state index contributed by atoms with van der Waals surface area (Å²) in [6, 6.07) is 19.1. The summed E-state index contributed by atoms with van der Waals surface area (Å²) in [4.78, 5) is 21.1. The number of fused-ring (bicyclic) bond motifs is 1. The molecule has 2 heterocycles. The van der Waals surface area contributed by atoms with Crippen molar-refractivity contribution < 1.29 is 13.9 Å². The first kappa shape index (κ1) is 18.7. The minimum absolute atomic E-state index is 0.115. The van der Waals surface area contributed by atoms with Gasteiger partial charge in [-0.25, -0.2) is 9.97 Å². The number of nitrogens with zero attached hydrogens (tertiary/aromatic N) is 2. The van der Waals surface area contributed by atoms with Crippen molar-refractivity contribution in [2.75, 3.05) is 13.7 Å². The van der Waals surface area contributed by atoms with E-state index in [2.05, 4.69) is 27.4 Å². The molecule has 0 aliphatic rings. The quantitative estimate of drug-likeness (QED) is 0.480. The van der Waals surface area contributed by atoms with Gasteiger partial charge in [-0.05, 0) is 42.7 Å². The standard InChI is InChI=1S/C23H21N3O3/c1-28-21-12-10-18(15-25-21)23-26-19-14-17(9-11-20(19)29-23)22(27)24-13-5-8-16-6-3-2-4-7-16/h2-4,6-7,9-12,14-15H,5,8,13H2,1H3,(H,24,27). The van der Waals surface area contributed by atoms with Crippen LogP contribution < -0.4 is 10.1 Å². The fourth-order valence-electron chi connectivity index (χ4n) is 3.06. The third-order valence-corrected chi connectivity index (χ3v) is 4.61. The highest BCUT2D eigenvalue weighted by Gasteiger charge is 2.12. The molecule has 6 heteroatoms. The maximum absolute atomic E-state index is 12.5. The molecule has 1 N–H and O–H groups in total. The Morgan fingerprint density at radius 1 is 1.10 bits per heavy atom. The second kappa shape index (κ2) is 8.56. The predicted molar refractivity (Wildman–Crippen MR) is 111 cm³/mol. The lowest BCUT2D eigenvalue weighted by molar-refractivity contribution is 0.0953. The lowest BCUT2D eigenvalue weighted by Gasteiger charge is -2.05. The topological polar surface area (TPSA) is 77.2 Å². The van der Waals surface area contributed by atoms with Crippen molar-refractivity contribution in [3.05, 3.63) is 78.0 Å². The molecule has 146 valence electrons. The van der Waals surface area contributed by atoms with Gasteiger partial charge in [0, 0.05) is 24.4 Å². The van der Waals surface area contributed by atoms with Crippen LogP contribution in [0.3, 0.4) is 0 Å². The van der Waals surface area contributed by atoms with Gasteiger partial charge < -0.3 is 14.5 Å². The zero-order chi connectivity index (χ0) is 20.1. The summed E-state index contributed by atoms with van der Waals surface area (Å²) in [5, 5.41) is 2.96. The van der Waals surface area contributed by atoms with Crippen molar-refractivity contribution in [2.45, 2.75) is 12.8 Å². The van der Waals surface area contributed by atoms with Gasteiger partial charge in [0.05, 0.1) is 12.7 Å². The van der Waals surface area contributed by atoms with Gasteiger partial charge in [-0.3, -0.25) is 4.79 Å². The fourth-order valence-corrected chi connectivity index (χ4v) is 3.06. The van der Waals surface area contributed by atoms with E-state index < -0.39 is 0 Å². The molecule has 0 spiro atoms. The van der Waals surface area contributed by atoms with Crippen LogP contribution in [0.4, 0.5) is 0 Å². The Labute approximate surface area is 168 Å². The Morgan fingerprint density at radius 2 is 1.97 bits per heavy atom. The number of rotatable bonds is 7. The molecule has 2 aromatic carbocycles. The molecule has 0 unspecified atom stereocenters. The zero-order valence-corrected chi connectivity index (χ0v) is 16.1. The monoisotopic (exact) mass is 387 g/mol. The molecule has 0 saturated carbocycles. The van der Waals surface area contributed by atoms with Crippen molar-refractivity contribution in [3.63, 3.8) is 0 Å². The van der Waals surface area contributed by atoms with Crippen LogP contribution in [-0.2, 0) is 6.42 Å². The molecular formula is C23H21N3O3. The van der Waals surface area contributed by atoms with Gasteiger partial charge in [0.1, 0.15) is 5.52 Å². The molecule has 6 nitrogen and oxygen atoms in total. The third-order valence-electron chi connectivity index (χ3n) is 4.61. The molecular weight excluding hydrogens is 366 g/mol. The number of benzene rings is 2. The number of hydrogen-bond donors (Lipinski definition) is 1. The summed E-state index contributed by atoms with van der Waals surface area (Å²) in [7, 11) is 1.57. The van der Waals surface area contributed by atoms with Gasteiger partial charge in [0.2, 0.25) is 11.8 Å². The van der Waals surface area contributed by atoms with E-state index in [1.165, 1.54) is 5.56 Å². The number of oxazole rings is 1. The molecule has 0 fully saturated rings. The highest BCUT2D eigenvalue weighted by molar-refractivity contribution is 5.97. The van der Waals surface area contributed by atoms with Crippen LogP contribution >= 0.6 is 0 Å². The van der Waals surface area contributed by atoms with Gasteiger partial charge in [-0.2, -0.15) is 0 Å². The zero-order valence-electron chi connectivity index (χ0n) is 16.1. The summed E-state index contributed by atoms with van der Waals surface area (Å²) in [5.41, 5.74) is 3.83. The summed E-state index contributed by atoms with van der Waals surface area (Å²) < 4.78 is 10.9. The smallest absolute Gasteiger partial charge is 0.251 e. The van der Waals surface area contributed by atoms with E-state index in [1.54, 1.807) is 37.6 Å². The molecule has 0 radical (unpaired) electrons. The Bertz CT molecular complexity index is 1110. The average molecular weight is 387 g/mol. The third kappa shape index (κ3) is 4.43. The van der Waals surface area contributed by atoms with Gasteiger partial charge >= 0.3 is 0 Å². The van der Waals surface area contributed by atoms with Gasteiger partial charge in [-0.1, -0.05) is 30.3 Å². The highest BCUT2D eigenvalue weighted by atomic mass is 16.5. The number of hydrogen-bond acceptors (Lipinski definition) is 5. The number of aryl methyl sites for hydroxylation is 1. The Morgan fingerprint density at radius 3 is 2.72 bits per heavy atom. The summed E-state index contributed by atoms with van der Waals surface area (Å²) in [6.07, 6.45) is 3.46. The summed E-state index contributed by atoms with van der Waals surface area (Å²) >= 11 is 0. The number of aromatic nitrogens is 2. The minimum Gasteiger partial charge on any atom is -0.481 e. The predicted octanol–water partition coefficient (Wildman–Crippen LogP) is 4.26. The van der Waals surface area contributed by atoms with Crippen molar-refractivity contribution in [1.29, 1.82) is 0 Å². The van der Waals surface area contributed by atoms with Crippen LogP contribution in [-0.4, -0.2) is 29.5 Å². The summed E-state index contributed by atoms with van der Waals surface area (Å²) in [6.45, 7) is 0.618. The number of methoxy groups -OCH3 is 1. The van der Waals surface area contributed by atoms with Crippen molar-refractivity contribution in [2.24, 2.45) is 0 Å². The first-order chi connectivity index (χ1) is 14.2. The molecule has 0 aliphatic carbocycles. The average Bonchev–Trinajstić information content (AvgIpc) is 3.21. The van der Waals surface area contributed by atoms with Crippen LogP contribution in [0.2, 0.25) is 0 Å². The van der Waals surface area contributed by atoms with Crippen LogP contribution in [0.15, 0.2) is 71.3 Å². The first-order valence-electron chi connectivity index (χ1n) is 9.46. The lowest BCUT2D eigenvalue weighted by Crippen LogP contribution is -2.24. The van der Waals surface area contributed by atoms with Crippen LogP contribution in [0.1, 0.15) is 22.3 Å². The largest absolute Gasteiger partial charge is 0.481 e. The molecule has 0 aliphatic heterocycles. The molecule has 29 heavy (non-hydrogen) atoms. The molecule has 2 aromatic heterocycles. The van der Waals surface area contributed by atoms with Gasteiger partial charge in [0.15, 0.2) is 5.58 Å². The van der Waals surface area contributed by atoms with Gasteiger partial charge in [-0.15, -0.1) is 0 Å². The Balaban J connectivity index is 1.40. The molecule has 1 amide bonds. The van der Waals surface area contributed by atoms with E-state index in [-0.39, 0.29) is 5.91 Å². The van der Waals surface area contributed by atoms with E-state index in [9.17, 15) is 4.79 Å². The number of pyridine rings is 1. The van der Waals surface area contributed by atoms with Crippen molar-refractivity contribution >= 4 is 17.0 Å². The number of carbonyl (C=O) groups excluding carboxylic acids is 1. The second-order valence-electron chi connectivity index (χ2n) is 6.64. The number of carbonyl (C=O) groups is 1. The normalized spacial score (nSPS) is 10.8. The fraction of sp³-hybridized carbons (Fsp3) is 0.174. The SMILES string of the molecule is COc1ccc(-c2nc3cc(C(=O)NCCCc4ccccc4)ccc3o2)cn1. The minimum atomic E-state index is -0.115.